The van der Waals surface area contributed by atoms with E-state index in [1.54, 1.807) is 0 Å². The Balaban J connectivity index is 2.10. The number of hydrogen-bond acceptors (Lipinski definition) is 4. The number of β-amino-alcohol motifs (C(OH)–C–C–N with tert-alkyl or cyclic N) is 1. The lowest BCUT2D eigenvalue weighted by Gasteiger charge is -2.25. The maximum atomic E-state index is 9.93. The molecule has 0 aromatic heterocycles. The summed E-state index contributed by atoms with van der Waals surface area (Å²) < 4.78 is 0. The molecule has 1 rings (SSSR count). The van der Waals surface area contributed by atoms with Gasteiger partial charge in [-0.05, 0) is 37.8 Å². The third kappa shape index (κ3) is 6.34. The van der Waals surface area contributed by atoms with E-state index >= 15 is 0 Å². The van der Waals surface area contributed by atoms with Crippen LogP contribution in [0.25, 0.3) is 0 Å². The standard InChI is InChI=1S/C14H27N3O/c1-14(2,6-5-7-15)12-16-10-13(18)11-17-8-3-4-9-17/h13,16,18H,3-6,8-12H2,1-2H3. The van der Waals surface area contributed by atoms with Gasteiger partial charge in [0.1, 0.15) is 0 Å². The highest BCUT2D eigenvalue weighted by atomic mass is 16.3. The molecule has 2 N–H and O–H groups in total. The fourth-order valence-corrected chi connectivity index (χ4v) is 2.39. The minimum Gasteiger partial charge on any atom is -0.390 e. The minimum atomic E-state index is -0.283. The summed E-state index contributed by atoms with van der Waals surface area (Å²) >= 11 is 0. The first-order chi connectivity index (χ1) is 8.53. The molecular weight excluding hydrogens is 226 g/mol. The van der Waals surface area contributed by atoms with Crippen molar-refractivity contribution in [3.05, 3.63) is 0 Å². The molecule has 1 fully saturated rings. The van der Waals surface area contributed by atoms with Crippen molar-refractivity contribution in [1.82, 2.24) is 10.2 Å². The second kappa shape index (κ2) is 7.73. The third-order valence-electron chi connectivity index (χ3n) is 3.56. The molecule has 1 aliphatic rings. The molecule has 1 heterocycles. The zero-order valence-corrected chi connectivity index (χ0v) is 11.8. The summed E-state index contributed by atoms with van der Waals surface area (Å²) in [5.41, 5.74) is 0.128. The SMILES string of the molecule is CC(C)(CCC#N)CNCC(O)CN1CCCC1. The van der Waals surface area contributed by atoms with Gasteiger partial charge in [0.15, 0.2) is 0 Å². The Morgan fingerprint density at radius 2 is 2.06 bits per heavy atom. The molecule has 18 heavy (non-hydrogen) atoms. The molecule has 0 aromatic rings. The topological polar surface area (TPSA) is 59.3 Å². The Labute approximate surface area is 111 Å². The van der Waals surface area contributed by atoms with Crippen molar-refractivity contribution < 1.29 is 5.11 Å². The average molecular weight is 253 g/mol. The van der Waals surface area contributed by atoms with Crippen LogP contribution in [0.1, 0.15) is 39.5 Å². The molecule has 1 unspecified atom stereocenters. The second-order valence-electron chi connectivity index (χ2n) is 6.11. The molecule has 104 valence electrons. The van der Waals surface area contributed by atoms with Crippen LogP contribution in [0.15, 0.2) is 0 Å². The van der Waals surface area contributed by atoms with Gasteiger partial charge in [-0.1, -0.05) is 13.8 Å². The normalized spacial score (nSPS) is 18.8. The van der Waals surface area contributed by atoms with Gasteiger partial charge in [0, 0.05) is 26.1 Å². The molecule has 0 amide bonds. The van der Waals surface area contributed by atoms with Gasteiger partial charge in [-0.25, -0.2) is 0 Å². The van der Waals surface area contributed by atoms with Crippen LogP contribution >= 0.6 is 0 Å². The van der Waals surface area contributed by atoms with Crippen molar-refractivity contribution >= 4 is 0 Å². The van der Waals surface area contributed by atoms with Crippen molar-refractivity contribution in [1.29, 1.82) is 5.26 Å². The van der Waals surface area contributed by atoms with E-state index < -0.39 is 0 Å². The van der Waals surface area contributed by atoms with E-state index in [-0.39, 0.29) is 11.5 Å². The molecule has 0 spiro atoms. The Morgan fingerprint density at radius 3 is 2.67 bits per heavy atom. The number of likely N-dealkylation sites (tertiary alicyclic amines) is 1. The molecule has 4 nitrogen and oxygen atoms in total. The number of aliphatic hydroxyl groups is 1. The quantitative estimate of drug-likeness (QED) is 0.686. The molecular formula is C14H27N3O. The number of nitrogens with zero attached hydrogens (tertiary/aromatic N) is 2. The van der Waals surface area contributed by atoms with E-state index in [1.165, 1.54) is 12.8 Å². The highest BCUT2D eigenvalue weighted by Crippen LogP contribution is 2.20. The Bertz CT molecular complexity index is 267. The summed E-state index contributed by atoms with van der Waals surface area (Å²) in [7, 11) is 0. The first-order valence-corrected chi connectivity index (χ1v) is 7.01. The Morgan fingerprint density at radius 1 is 1.39 bits per heavy atom. The fraction of sp³-hybridized carbons (Fsp3) is 0.929. The molecule has 0 saturated carbocycles. The fourth-order valence-electron chi connectivity index (χ4n) is 2.39. The van der Waals surface area contributed by atoms with Crippen LogP contribution in [-0.2, 0) is 0 Å². The van der Waals surface area contributed by atoms with Crippen LogP contribution in [0.4, 0.5) is 0 Å². The van der Waals surface area contributed by atoms with Crippen LogP contribution in [0.5, 0.6) is 0 Å². The lowest BCUT2D eigenvalue weighted by atomic mass is 9.88. The largest absolute Gasteiger partial charge is 0.390 e. The first-order valence-electron chi connectivity index (χ1n) is 7.01. The van der Waals surface area contributed by atoms with Gasteiger partial charge in [0.05, 0.1) is 12.2 Å². The monoisotopic (exact) mass is 253 g/mol. The predicted octanol–water partition coefficient (Wildman–Crippen LogP) is 1.36. The highest BCUT2D eigenvalue weighted by Gasteiger charge is 2.19. The molecule has 0 aliphatic carbocycles. The molecule has 0 bridgehead atoms. The summed E-state index contributed by atoms with van der Waals surface area (Å²) in [6.45, 7) is 8.85. The maximum Gasteiger partial charge on any atom is 0.0791 e. The van der Waals surface area contributed by atoms with Gasteiger partial charge in [-0.2, -0.15) is 5.26 Å². The number of rotatable bonds is 8. The summed E-state index contributed by atoms with van der Waals surface area (Å²) in [6.07, 6.45) is 3.75. The summed E-state index contributed by atoms with van der Waals surface area (Å²) in [5, 5.41) is 21.8. The van der Waals surface area contributed by atoms with E-state index in [4.69, 9.17) is 5.26 Å². The van der Waals surface area contributed by atoms with Crippen molar-refractivity contribution in [3.63, 3.8) is 0 Å². The molecule has 0 radical (unpaired) electrons. The molecule has 1 atom stereocenters. The van der Waals surface area contributed by atoms with Crippen molar-refractivity contribution in [2.45, 2.75) is 45.6 Å². The Hall–Kier alpha value is -0.630. The summed E-state index contributed by atoms with van der Waals surface area (Å²) in [4.78, 5) is 2.33. The van der Waals surface area contributed by atoms with Gasteiger partial charge in [-0.3, -0.25) is 0 Å². The van der Waals surface area contributed by atoms with Crippen LogP contribution in [-0.4, -0.2) is 48.8 Å². The maximum absolute atomic E-state index is 9.93. The molecule has 0 aromatic carbocycles. The van der Waals surface area contributed by atoms with Crippen LogP contribution in [0.2, 0.25) is 0 Å². The van der Waals surface area contributed by atoms with Gasteiger partial charge < -0.3 is 15.3 Å². The lowest BCUT2D eigenvalue weighted by molar-refractivity contribution is 0.120. The van der Waals surface area contributed by atoms with E-state index in [0.29, 0.717) is 13.0 Å². The van der Waals surface area contributed by atoms with E-state index in [2.05, 4.69) is 30.1 Å². The van der Waals surface area contributed by atoms with Crippen LogP contribution in [0.3, 0.4) is 0 Å². The predicted molar refractivity (Wildman–Crippen MR) is 73.2 cm³/mol. The van der Waals surface area contributed by atoms with E-state index in [9.17, 15) is 5.11 Å². The highest BCUT2D eigenvalue weighted by molar-refractivity contribution is 4.79. The molecule has 1 aliphatic heterocycles. The number of aliphatic hydroxyl groups excluding tert-OH is 1. The minimum absolute atomic E-state index is 0.128. The second-order valence-corrected chi connectivity index (χ2v) is 6.11. The van der Waals surface area contributed by atoms with Crippen LogP contribution < -0.4 is 5.32 Å². The van der Waals surface area contributed by atoms with Gasteiger partial charge in [-0.15, -0.1) is 0 Å². The van der Waals surface area contributed by atoms with Crippen molar-refractivity contribution in [2.24, 2.45) is 5.41 Å². The van der Waals surface area contributed by atoms with Gasteiger partial charge in [0.25, 0.3) is 0 Å². The zero-order valence-electron chi connectivity index (χ0n) is 11.8. The number of nitriles is 1. The summed E-state index contributed by atoms with van der Waals surface area (Å²) in [6, 6.07) is 2.19. The van der Waals surface area contributed by atoms with Crippen molar-refractivity contribution in [2.75, 3.05) is 32.7 Å². The smallest absolute Gasteiger partial charge is 0.0791 e. The number of hydrogen-bond donors (Lipinski definition) is 2. The average Bonchev–Trinajstić information content (AvgIpc) is 2.79. The number of nitrogens with one attached hydrogen (secondary N) is 1. The lowest BCUT2D eigenvalue weighted by Crippen LogP contribution is -2.40. The Kier molecular flexibility index (Phi) is 6.62. The van der Waals surface area contributed by atoms with Gasteiger partial charge >= 0.3 is 0 Å². The molecule has 4 heteroatoms. The van der Waals surface area contributed by atoms with Gasteiger partial charge in [0.2, 0.25) is 0 Å². The van der Waals surface area contributed by atoms with E-state index in [0.717, 1.165) is 32.6 Å². The zero-order chi connectivity index (χ0) is 13.4. The third-order valence-corrected chi connectivity index (χ3v) is 3.56. The first kappa shape index (κ1) is 15.4. The summed E-state index contributed by atoms with van der Waals surface area (Å²) in [5.74, 6) is 0. The van der Waals surface area contributed by atoms with Crippen molar-refractivity contribution in [3.8, 4) is 6.07 Å². The van der Waals surface area contributed by atoms with E-state index in [1.807, 2.05) is 0 Å². The van der Waals surface area contributed by atoms with Crippen LogP contribution in [0, 0.1) is 16.7 Å². The molecule has 1 saturated heterocycles.